The molecule has 0 bridgehead atoms. The third kappa shape index (κ3) is 5.48. The molecule has 0 aromatic carbocycles. The second-order valence-electron chi connectivity index (χ2n) is 3.90. The predicted octanol–water partition coefficient (Wildman–Crippen LogP) is -0.982. The fourth-order valence-electron chi connectivity index (χ4n) is 0.931. The maximum absolute atomic E-state index is 11.5. The number of amides is 1. The molecule has 0 aromatic heterocycles. The Balaban J connectivity index is 4.59. The minimum absolute atomic E-state index is 0.549. The largest absolute Gasteiger partial charge is 0.345 e. The van der Waals surface area contributed by atoms with Gasteiger partial charge in [0, 0.05) is 0 Å². The molecule has 1 atom stereocenters. The fourth-order valence-corrected chi connectivity index (χ4v) is 1.95. The molecular formula is C8H16N2O4S. The number of nitrogens with one attached hydrogen (secondary N) is 2. The molecule has 88 valence electrons. The summed E-state index contributed by atoms with van der Waals surface area (Å²) in [5.41, 5.74) is -1.27. The van der Waals surface area contributed by atoms with Crippen LogP contribution in [0, 0.1) is 0 Å². The molecule has 2 N–H and O–H groups in total. The molecule has 0 spiro atoms. The molecule has 0 rings (SSSR count). The first-order valence-corrected chi connectivity index (χ1v) is 6.23. The SMILES string of the molecule is CC(C=O)NC(=O)C(C)(C)NS(C)(=O)=O. The predicted molar refractivity (Wildman–Crippen MR) is 55.7 cm³/mol. The molecule has 1 unspecified atom stereocenters. The number of aldehydes is 1. The smallest absolute Gasteiger partial charge is 0.241 e. The molecule has 0 aliphatic heterocycles. The zero-order valence-electron chi connectivity index (χ0n) is 9.20. The van der Waals surface area contributed by atoms with Crippen LogP contribution in [0.2, 0.25) is 0 Å². The van der Waals surface area contributed by atoms with Crippen molar-refractivity contribution in [3.63, 3.8) is 0 Å². The summed E-state index contributed by atoms with van der Waals surface area (Å²) >= 11 is 0. The van der Waals surface area contributed by atoms with Gasteiger partial charge in [0.1, 0.15) is 11.8 Å². The van der Waals surface area contributed by atoms with Gasteiger partial charge in [-0.2, -0.15) is 0 Å². The van der Waals surface area contributed by atoms with Crippen LogP contribution in [0.4, 0.5) is 0 Å². The number of rotatable bonds is 5. The molecule has 0 saturated heterocycles. The lowest BCUT2D eigenvalue weighted by molar-refractivity contribution is -0.127. The average molecular weight is 236 g/mol. The molecule has 0 aliphatic rings. The molecule has 0 aromatic rings. The highest BCUT2D eigenvalue weighted by atomic mass is 32.2. The summed E-state index contributed by atoms with van der Waals surface area (Å²) in [6.07, 6.45) is 1.53. The average Bonchev–Trinajstić information content (AvgIpc) is 1.99. The van der Waals surface area contributed by atoms with Gasteiger partial charge in [-0.3, -0.25) is 4.79 Å². The van der Waals surface area contributed by atoms with Gasteiger partial charge in [-0.15, -0.1) is 0 Å². The van der Waals surface area contributed by atoms with E-state index in [1.54, 1.807) is 0 Å². The highest BCUT2D eigenvalue weighted by molar-refractivity contribution is 7.88. The minimum Gasteiger partial charge on any atom is -0.345 e. The van der Waals surface area contributed by atoms with Gasteiger partial charge in [0.2, 0.25) is 15.9 Å². The third-order valence-electron chi connectivity index (χ3n) is 1.57. The van der Waals surface area contributed by atoms with Crippen molar-refractivity contribution in [3.05, 3.63) is 0 Å². The van der Waals surface area contributed by atoms with Crippen molar-refractivity contribution in [2.24, 2.45) is 0 Å². The van der Waals surface area contributed by atoms with Gasteiger partial charge in [0.15, 0.2) is 0 Å². The Bertz CT molecular complexity index is 348. The topological polar surface area (TPSA) is 92.3 Å². The van der Waals surface area contributed by atoms with E-state index in [0.29, 0.717) is 6.29 Å². The van der Waals surface area contributed by atoms with Crippen molar-refractivity contribution < 1.29 is 18.0 Å². The van der Waals surface area contributed by atoms with Crippen LogP contribution in [0.15, 0.2) is 0 Å². The molecule has 6 nitrogen and oxygen atoms in total. The molecule has 7 heteroatoms. The highest BCUT2D eigenvalue weighted by Gasteiger charge is 2.31. The quantitative estimate of drug-likeness (QED) is 0.600. The number of carbonyl (C=O) groups excluding carboxylic acids is 2. The van der Waals surface area contributed by atoms with E-state index in [0.717, 1.165) is 6.26 Å². The van der Waals surface area contributed by atoms with Gasteiger partial charge >= 0.3 is 0 Å². The molecule has 1 amide bonds. The van der Waals surface area contributed by atoms with E-state index in [-0.39, 0.29) is 0 Å². The number of carbonyl (C=O) groups is 2. The number of hydrogen-bond acceptors (Lipinski definition) is 4. The van der Waals surface area contributed by atoms with E-state index in [9.17, 15) is 18.0 Å². The Morgan fingerprint density at radius 3 is 2.20 bits per heavy atom. The molecule has 0 saturated carbocycles. The fraction of sp³-hybridized carbons (Fsp3) is 0.750. The van der Waals surface area contributed by atoms with Crippen LogP contribution < -0.4 is 10.0 Å². The van der Waals surface area contributed by atoms with Crippen LogP contribution in [0.5, 0.6) is 0 Å². The molecule has 0 radical (unpaired) electrons. The zero-order valence-corrected chi connectivity index (χ0v) is 10.0. The maximum Gasteiger partial charge on any atom is 0.241 e. The van der Waals surface area contributed by atoms with Gasteiger partial charge in [-0.05, 0) is 20.8 Å². The second kappa shape index (κ2) is 4.71. The van der Waals surface area contributed by atoms with Crippen LogP contribution in [-0.2, 0) is 19.6 Å². The van der Waals surface area contributed by atoms with E-state index >= 15 is 0 Å². The van der Waals surface area contributed by atoms with Gasteiger partial charge in [0.05, 0.1) is 12.3 Å². The van der Waals surface area contributed by atoms with Crippen molar-refractivity contribution in [2.45, 2.75) is 32.4 Å². The van der Waals surface area contributed by atoms with E-state index in [4.69, 9.17) is 0 Å². The first-order valence-electron chi connectivity index (χ1n) is 4.33. The van der Waals surface area contributed by atoms with E-state index in [1.807, 2.05) is 0 Å². The van der Waals surface area contributed by atoms with Gasteiger partial charge < -0.3 is 10.1 Å². The second-order valence-corrected chi connectivity index (χ2v) is 5.65. The van der Waals surface area contributed by atoms with E-state index in [1.165, 1.54) is 20.8 Å². The van der Waals surface area contributed by atoms with Gasteiger partial charge in [0.25, 0.3) is 0 Å². The standard InChI is InChI=1S/C8H16N2O4S/c1-6(5-11)9-7(12)8(2,3)10-15(4,13)14/h5-6,10H,1-4H3,(H,9,12). The lowest BCUT2D eigenvalue weighted by Crippen LogP contribution is -2.56. The Morgan fingerprint density at radius 1 is 1.40 bits per heavy atom. The Morgan fingerprint density at radius 2 is 1.87 bits per heavy atom. The van der Waals surface area contributed by atoms with Gasteiger partial charge in [-0.25, -0.2) is 13.1 Å². The summed E-state index contributed by atoms with van der Waals surface area (Å²) in [5, 5.41) is 2.36. The zero-order chi connectivity index (χ0) is 12.3. The van der Waals surface area contributed by atoms with Crippen LogP contribution >= 0.6 is 0 Å². The lowest BCUT2D eigenvalue weighted by atomic mass is 10.1. The maximum atomic E-state index is 11.5. The third-order valence-corrected chi connectivity index (χ3v) is 2.45. The first-order chi connectivity index (χ1) is 6.58. The monoisotopic (exact) mass is 236 g/mol. The van der Waals surface area contributed by atoms with E-state index < -0.39 is 27.5 Å². The molecule has 15 heavy (non-hydrogen) atoms. The van der Waals surface area contributed by atoms with Crippen molar-refractivity contribution in [1.82, 2.24) is 10.0 Å². The summed E-state index contributed by atoms with van der Waals surface area (Å²) in [5.74, 6) is -0.549. The lowest BCUT2D eigenvalue weighted by Gasteiger charge is -2.24. The molecule has 0 fully saturated rings. The summed E-state index contributed by atoms with van der Waals surface area (Å²) in [4.78, 5) is 21.8. The number of sulfonamides is 1. The molecule has 0 aliphatic carbocycles. The molecular weight excluding hydrogens is 220 g/mol. The molecule has 0 heterocycles. The minimum atomic E-state index is -3.47. The van der Waals surface area contributed by atoms with Crippen LogP contribution in [0.3, 0.4) is 0 Å². The summed E-state index contributed by atoms with van der Waals surface area (Å²) < 4.78 is 24.1. The summed E-state index contributed by atoms with van der Waals surface area (Å²) in [7, 11) is -3.47. The number of hydrogen-bond donors (Lipinski definition) is 2. The summed E-state index contributed by atoms with van der Waals surface area (Å²) in [6, 6.07) is -0.641. The first kappa shape index (κ1) is 14.1. The Kier molecular flexibility index (Phi) is 4.42. The normalized spacial score (nSPS) is 14.4. The Hall–Kier alpha value is -0.950. The summed E-state index contributed by atoms with van der Waals surface area (Å²) in [6.45, 7) is 4.34. The Labute approximate surface area is 89.5 Å². The van der Waals surface area contributed by atoms with Crippen molar-refractivity contribution >= 4 is 22.2 Å². The van der Waals surface area contributed by atoms with Crippen LogP contribution in [-0.4, -0.2) is 38.4 Å². The van der Waals surface area contributed by atoms with E-state index in [2.05, 4.69) is 10.0 Å². The van der Waals surface area contributed by atoms with Crippen molar-refractivity contribution in [1.29, 1.82) is 0 Å². The van der Waals surface area contributed by atoms with Crippen molar-refractivity contribution in [2.75, 3.05) is 6.26 Å². The van der Waals surface area contributed by atoms with Crippen LogP contribution in [0.1, 0.15) is 20.8 Å². The van der Waals surface area contributed by atoms with Gasteiger partial charge in [-0.1, -0.05) is 0 Å². The van der Waals surface area contributed by atoms with Crippen molar-refractivity contribution in [3.8, 4) is 0 Å². The van der Waals surface area contributed by atoms with Crippen LogP contribution in [0.25, 0.3) is 0 Å². The highest BCUT2D eigenvalue weighted by Crippen LogP contribution is 2.04.